The quantitative estimate of drug-likeness (QED) is 0.182. The second kappa shape index (κ2) is 12.3. The molecule has 0 aromatic carbocycles. The fraction of sp³-hybridized carbons (Fsp3) is 0.967. The zero-order valence-electron chi connectivity index (χ0n) is 25.7. The van der Waals surface area contributed by atoms with Gasteiger partial charge in [0.25, 0.3) is 0 Å². The van der Waals surface area contributed by atoms with Crippen LogP contribution < -0.4 is 0 Å². The summed E-state index contributed by atoms with van der Waals surface area (Å²) in [5.74, 6) is -0.996. The zero-order chi connectivity index (χ0) is 31.2. The molecule has 10 nitrogen and oxygen atoms in total. The largest absolute Gasteiger partial charge is 0.393 e. The third-order valence-corrected chi connectivity index (χ3v) is 11.4. The molecule has 3 heterocycles. The van der Waals surface area contributed by atoms with Crippen molar-refractivity contribution in [2.45, 2.75) is 175 Å². The Morgan fingerprint density at radius 2 is 1.66 bits per heavy atom. The van der Waals surface area contributed by atoms with Gasteiger partial charge in [0, 0.05) is 11.2 Å². The monoisotopic (exact) mass is 652 g/mol. The molecule has 0 amide bonds. The maximum atomic E-state index is 13.3. The second-order valence-electron chi connectivity index (χ2n) is 14.5. The van der Waals surface area contributed by atoms with Crippen LogP contribution in [-0.4, -0.2) is 112 Å². The number of carbonyl (C=O) groups is 1. The number of hydrogen-bond acceptors (Lipinski definition) is 10. The van der Waals surface area contributed by atoms with E-state index in [-0.39, 0.29) is 30.2 Å². The highest BCUT2D eigenvalue weighted by atomic mass is 79.9. The van der Waals surface area contributed by atoms with Crippen molar-refractivity contribution in [3.05, 3.63) is 0 Å². The molecule has 10 atom stereocenters. The Morgan fingerprint density at radius 1 is 1.02 bits per heavy atom. The normalized spacial score (nSPS) is 41.0. The number of ether oxygens (including phenoxy) is 3. The molecule has 3 fully saturated rings. The van der Waals surface area contributed by atoms with Gasteiger partial charge in [0.1, 0.15) is 11.7 Å². The second-order valence-corrected chi connectivity index (χ2v) is 15.6. The lowest BCUT2D eigenvalue weighted by molar-refractivity contribution is -0.264. The number of hydrogen-bond donors (Lipinski definition) is 6. The summed E-state index contributed by atoms with van der Waals surface area (Å²) in [6.07, 6.45) is -1.68. The molecule has 0 aromatic rings. The van der Waals surface area contributed by atoms with Gasteiger partial charge in [-0.05, 0) is 99.8 Å². The van der Waals surface area contributed by atoms with Crippen molar-refractivity contribution in [3.8, 4) is 0 Å². The number of aliphatic hydroxyl groups excluding tert-OH is 3. The van der Waals surface area contributed by atoms with Crippen LogP contribution in [0.15, 0.2) is 0 Å². The van der Waals surface area contributed by atoms with Gasteiger partial charge in [0.15, 0.2) is 5.78 Å². The van der Waals surface area contributed by atoms with E-state index in [0.29, 0.717) is 25.7 Å². The minimum atomic E-state index is -2.31. The molecule has 0 aliphatic carbocycles. The van der Waals surface area contributed by atoms with Crippen molar-refractivity contribution in [2.75, 3.05) is 6.61 Å². The van der Waals surface area contributed by atoms with Gasteiger partial charge in [-0.1, -0.05) is 15.9 Å². The molecular formula is C30H53BrO10. The lowest BCUT2D eigenvalue weighted by atomic mass is 9.77. The Balaban J connectivity index is 1.65. The number of alkyl halides is 1. The minimum absolute atomic E-state index is 0.0790. The third kappa shape index (κ3) is 7.72. The topological polar surface area (TPSA) is 166 Å². The summed E-state index contributed by atoms with van der Waals surface area (Å²) in [7, 11) is 0. The molecule has 0 spiro atoms. The first-order chi connectivity index (χ1) is 18.6. The average molecular weight is 654 g/mol. The number of aliphatic hydroxyl groups is 6. The van der Waals surface area contributed by atoms with Crippen LogP contribution in [-0.2, 0) is 19.0 Å². The van der Waals surface area contributed by atoms with Crippen molar-refractivity contribution in [1.29, 1.82) is 0 Å². The molecule has 240 valence electrons. The number of rotatable bonds is 11. The molecule has 0 radical (unpaired) electrons. The highest BCUT2D eigenvalue weighted by molar-refractivity contribution is 9.09. The van der Waals surface area contributed by atoms with E-state index < -0.39 is 70.4 Å². The summed E-state index contributed by atoms with van der Waals surface area (Å²) in [4.78, 5) is 13.5. The van der Waals surface area contributed by atoms with Gasteiger partial charge in [-0.2, -0.15) is 0 Å². The van der Waals surface area contributed by atoms with E-state index in [1.54, 1.807) is 27.7 Å². The van der Waals surface area contributed by atoms with E-state index in [4.69, 9.17) is 14.2 Å². The van der Waals surface area contributed by atoms with Crippen LogP contribution in [0.25, 0.3) is 0 Å². The van der Waals surface area contributed by atoms with Gasteiger partial charge in [0.05, 0.1) is 59.0 Å². The molecular weight excluding hydrogens is 600 g/mol. The smallest absolute Gasteiger partial charge is 0.195 e. The highest BCUT2D eigenvalue weighted by Crippen LogP contribution is 2.46. The van der Waals surface area contributed by atoms with Crippen LogP contribution in [0.5, 0.6) is 0 Å². The SMILES string of the molecule is CC(C)(O)C1CCC(C)(C(O)CCC(O)(CO)C(=O)C(O)CC2OC(C3(C)CCC(Br)C(C)(C)O3)CCC2(C)O)O1. The van der Waals surface area contributed by atoms with E-state index in [2.05, 4.69) is 15.9 Å². The predicted octanol–water partition coefficient (Wildman–Crippen LogP) is 2.29. The van der Waals surface area contributed by atoms with Gasteiger partial charge in [0.2, 0.25) is 0 Å². The van der Waals surface area contributed by atoms with Crippen LogP contribution >= 0.6 is 15.9 Å². The maximum Gasteiger partial charge on any atom is 0.195 e. The first-order valence-corrected chi connectivity index (χ1v) is 15.9. The van der Waals surface area contributed by atoms with Crippen molar-refractivity contribution >= 4 is 21.7 Å². The predicted molar refractivity (Wildman–Crippen MR) is 156 cm³/mol. The van der Waals surface area contributed by atoms with Crippen LogP contribution in [0.2, 0.25) is 0 Å². The average Bonchev–Trinajstić information content (AvgIpc) is 3.29. The number of ketones is 1. The maximum absolute atomic E-state index is 13.3. The highest BCUT2D eigenvalue weighted by Gasteiger charge is 2.53. The molecule has 3 rings (SSSR count). The molecule has 0 aromatic heterocycles. The van der Waals surface area contributed by atoms with Crippen LogP contribution in [0.4, 0.5) is 0 Å². The summed E-state index contributed by atoms with van der Waals surface area (Å²) in [5, 5.41) is 64.3. The lowest BCUT2D eigenvalue weighted by Gasteiger charge is -2.53. The van der Waals surface area contributed by atoms with Crippen LogP contribution in [0, 0.1) is 0 Å². The molecule has 6 N–H and O–H groups in total. The van der Waals surface area contributed by atoms with Gasteiger partial charge in [-0.3, -0.25) is 4.79 Å². The van der Waals surface area contributed by atoms with E-state index >= 15 is 0 Å². The first kappa shape index (κ1) is 35.3. The molecule has 11 heteroatoms. The van der Waals surface area contributed by atoms with Crippen molar-refractivity contribution in [2.24, 2.45) is 0 Å². The Morgan fingerprint density at radius 3 is 2.20 bits per heavy atom. The third-order valence-electron chi connectivity index (χ3n) is 9.86. The molecule has 0 saturated carbocycles. The summed E-state index contributed by atoms with van der Waals surface area (Å²) < 4.78 is 18.8. The van der Waals surface area contributed by atoms with E-state index in [1.807, 2.05) is 20.8 Å². The van der Waals surface area contributed by atoms with Gasteiger partial charge >= 0.3 is 0 Å². The Hall–Kier alpha value is -0.210. The first-order valence-electron chi connectivity index (χ1n) is 14.9. The fourth-order valence-electron chi connectivity index (χ4n) is 6.64. The summed E-state index contributed by atoms with van der Waals surface area (Å²) in [6.45, 7) is 11.7. The Kier molecular flexibility index (Phi) is 10.6. The van der Waals surface area contributed by atoms with E-state index in [9.17, 15) is 35.4 Å². The summed E-state index contributed by atoms with van der Waals surface area (Å²) in [5.41, 5.74) is -6.76. The Labute approximate surface area is 252 Å². The van der Waals surface area contributed by atoms with Gasteiger partial charge in [-0.25, -0.2) is 0 Å². The van der Waals surface area contributed by atoms with Crippen molar-refractivity contribution in [3.63, 3.8) is 0 Å². The molecule has 0 bridgehead atoms. The summed E-state index contributed by atoms with van der Waals surface area (Å²) in [6, 6.07) is 0. The minimum Gasteiger partial charge on any atom is -0.393 e. The zero-order valence-corrected chi connectivity index (χ0v) is 27.3. The molecule has 10 unspecified atom stereocenters. The summed E-state index contributed by atoms with van der Waals surface area (Å²) >= 11 is 3.69. The van der Waals surface area contributed by atoms with Crippen molar-refractivity contribution in [1.82, 2.24) is 0 Å². The molecule has 41 heavy (non-hydrogen) atoms. The fourth-order valence-corrected chi connectivity index (χ4v) is 6.97. The van der Waals surface area contributed by atoms with E-state index in [1.165, 1.54) is 0 Å². The number of Topliss-reactive ketones (excluding diaryl/α,β-unsaturated/α-hetero) is 1. The van der Waals surface area contributed by atoms with Gasteiger partial charge < -0.3 is 44.8 Å². The molecule has 3 aliphatic rings. The van der Waals surface area contributed by atoms with Crippen LogP contribution in [0.3, 0.4) is 0 Å². The van der Waals surface area contributed by atoms with E-state index in [0.717, 1.165) is 12.8 Å². The lowest BCUT2D eigenvalue weighted by Crippen LogP contribution is -2.61. The standard InChI is InChI=1S/C30H53BrO10/c1-25(2,36)21-11-14-28(6,40-21)20(34)9-15-30(38,17-32)24(35)18(33)16-23-27(5,37)12-10-22(39-23)29(7)13-8-19(31)26(3,4)41-29/h18-23,32-34,36-38H,8-17H2,1-7H3. The van der Waals surface area contributed by atoms with Crippen molar-refractivity contribution < 1.29 is 49.6 Å². The molecule has 3 saturated heterocycles. The number of halogens is 1. The number of carbonyl (C=O) groups excluding carboxylic acids is 1. The van der Waals surface area contributed by atoms with Gasteiger partial charge in [-0.15, -0.1) is 0 Å². The van der Waals surface area contributed by atoms with Crippen LogP contribution in [0.1, 0.15) is 106 Å². The Bertz CT molecular complexity index is 921. The molecule has 3 aliphatic heterocycles.